The smallest absolute Gasteiger partial charge is 0.306 e. The van der Waals surface area contributed by atoms with E-state index in [2.05, 4.69) is 11.0 Å². The molecule has 0 aromatic heterocycles. The van der Waals surface area contributed by atoms with Gasteiger partial charge in [0, 0.05) is 5.56 Å². The number of rotatable bonds is 11. The number of carboxylic acids is 1. The van der Waals surface area contributed by atoms with Crippen LogP contribution in [0.25, 0.3) is 0 Å². The predicted octanol–water partition coefficient (Wildman–Crippen LogP) is 5.57. The summed E-state index contributed by atoms with van der Waals surface area (Å²) in [4.78, 5) is 13.9. The summed E-state index contributed by atoms with van der Waals surface area (Å²) in [5, 5.41) is 9.52. The number of ether oxygens (including phenoxy) is 4. The van der Waals surface area contributed by atoms with Gasteiger partial charge in [-0.2, -0.15) is 0 Å². The van der Waals surface area contributed by atoms with Crippen molar-refractivity contribution < 1.29 is 28.8 Å². The molecule has 0 saturated carbocycles. The van der Waals surface area contributed by atoms with Gasteiger partial charge < -0.3 is 24.1 Å². The molecule has 1 fully saturated rings. The Morgan fingerprint density at radius 3 is 2.32 bits per heavy atom. The number of hydrogen-bond acceptors (Lipinski definition) is 6. The molecule has 1 heterocycles. The number of methoxy groups -OCH3 is 2. The van der Waals surface area contributed by atoms with E-state index in [-0.39, 0.29) is 12.0 Å². The Morgan fingerprint density at radius 2 is 1.68 bits per heavy atom. The highest BCUT2D eigenvalue weighted by molar-refractivity contribution is 5.70. The Balaban J connectivity index is 1.71. The van der Waals surface area contributed by atoms with Gasteiger partial charge in [0.25, 0.3) is 0 Å². The molecule has 196 valence electrons. The van der Waals surface area contributed by atoms with Crippen LogP contribution in [-0.4, -0.2) is 49.9 Å². The van der Waals surface area contributed by atoms with E-state index in [9.17, 15) is 9.90 Å². The van der Waals surface area contributed by atoms with Crippen molar-refractivity contribution in [1.29, 1.82) is 0 Å². The Hall–Kier alpha value is -3.71. The molecule has 0 bridgehead atoms. The third-order valence-electron chi connectivity index (χ3n) is 6.79. The number of piperidine rings is 1. The van der Waals surface area contributed by atoms with Gasteiger partial charge in [-0.25, -0.2) is 0 Å². The fourth-order valence-electron chi connectivity index (χ4n) is 4.94. The fourth-order valence-corrected chi connectivity index (χ4v) is 4.94. The van der Waals surface area contributed by atoms with E-state index in [4.69, 9.17) is 18.9 Å². The highest BCUT2D eigenvalue weighted by atomic mass is 16.5. The van der Waals surface area contributed by atoms with Crippen LogP contribution in [0.3, 0.4) is 0 Å². The first kappa shape index (κ1) is 26.4. The second kappa shape index (κ2) is 12.5. The molecular weight excluding hydrogens is 470 g/mol. The van der Waals surface area contributed by atoms with Crippen molar-refractivity contribution in [3.05, 3.63) is 83.4 Å². The monoisotopic (exact) mass is 505 g/mol. The minimum Gasteiger partial charge on any atom is -0.493 e. The molecule has 7 nitrogen and oxygen atoms in total. The van der Waals surface area contributed by atoms with Crippen LogP contribution in [0.4, 0.5) is 0 Å². The summed E-state index contributed by atoms with van der Waals surface area (Å²) in [6, 6.07) is 21.7. The van der Waals surface area contributed by atoms with E-state index in [0.29, 0.717) is 62.1 Å². The summed E-state index contributed by atoms with van der Waals surface area (Å²) >= 11 is 0. The van der Waals surface area contributed by atoms with Crippen molar-refractivity contribution in [2.75, 3.05) is 33.9 Å². The third kappa shape index (κ3) is 6.17. The van der Waals surface area contributed by atoms with Gasteiger partial charge in [0.1, 0.15) is 6.61 Å². The summed E-state index contributed by atoms with van der Waals surface area (Å²) in [5.74, 6) is 1.61. The van der Waals surface area contributed by atoms with Gasteiger partial charge in [-0.15, -0.1) is 0 Å². The van der Waals surface area contributed by atoms with E-state index in [0.717, 1.165) is 16.7 Å². The van der Waals surface area contributed by atoms with Crippen LogP contribution in [0.5, 0.6) is 23.0 Å². The summed E-state index contributed by atoms with van der Waals surface area (Å²) < 4.78 is 23.5. The van der Waals surface area contributed by atoms with Crippen LogP contribution in [0.1, 0.15) is 42.5 Å². The molecule has 3 aromatic rings. The molecule has 7 heteroatoms. The molecule has 4 rings (SSSR count). The number of benzene rings is 3. The normalized spacial score (nSPS) is 15.1. The van der Waals surface area contributed by atoms with E-state index in [1.165, 1.54) is 0 Å². The molecule has 1 aliphatic heterocycles. The van der Waals surface area contributed by atoms with Gasteiger partial charge in [0.05, 0.1) is 32.8 Å². The maximum absolute atomic E-state index is 11.6. The van der Waals surface area contributed by atoms with Crippen molar-refractivity contribution in [2.45, 2.75) is 32.4 Å². The summed E-state index contributed by atoms with van der Waals surface area (Å²) in [6.45, 7) is 4.20. The Labute approximate surface area is 218 Å². The van der Waals surface area contributed by atoms with Gasteiger partial charge in [-0.05, 0) is 62.2 Å². The third-order valence-corrected chi connectivity index (χ3v) is 6.79. The predicted molar refractivity (Wildman–Crippen MR) is 142 cm³/mol. The zero-order chi connectivity index (χ0) is 26.2. The zero-order valence-electron chi connectivity index (χ0n) is 21.7. The SMILES string of the molecule is CCOc1cc(C(c2cccc(OC)c2OC)N2CCC(C(=O)O)CC2)ccc1OCc1ccccc1. The molecule has 0 spiro atoms. The molecule has 3 aromatic carbocycles. The van der Waals surface area contributed by atoms with Crippen molar-refractivity contribution in [3.63, 3.8) is 0 Å². The molecule has 0 radical (unpaired) electrons. The molecule has 1 unspecified atom stereocenters. The Morgan fingerprint density at radius 1 is 0.919 bits per heavy atom. The van der Waals surface area contributed by atoms with Crippen LogP contribution < -0.4 is 18.9 Å². The first-order valence-corrected chi connectivity index (χ1v) is 12.7. The number of nitrogens with zero attached hydrogens (tertiary/aromatic N) is 1. The second-order valence-corrected chi connectivity index (χ2v) is 9.05. The average molecular weight is 506 g/mol. The minimum atomic E-state index is -0.728. The maximum Gasteiger partial charge on any atom is 0.306 e. The van der Waals surface area contributed by atoms with E-state index >= 15 is 0 Å². The lowest BCUT2D eigenvalue weighted by Gasteiger charge is -2.38. The molecule has 1 saturated heterocycles. The first-order chi connectivity index (χ1) is 18.0. The van der Waals surface area contributed by atoms with Gasteiger partial charge in [-0.3, -0.25) is 9.69 Å². The maximum atomic E-state index is 11.6. The topological polar surface area (TPSA) is 77.5 Å². The van der Waals surface area contributed by atoms with E-state index < -0.39 is 5.97 Å². The molecule has 0 aliphatic carbocycles. The first-order valence-electron chi connectivity index (χ1n) is 12.7. The molecule has 1 aliphatic rings. The second-order valence-electron chi connectivity index (χ2n) is 9.05. The lowest BCUT2D eigenvalue weighted by Crippen LogP contribution is -2.39. The highest BCUT2D eigenvalue weighted by Gasteiger charge is 2.32. The van der Waals surface area contributed by atoms with Crippen molar-refractivity contribution in [1.82, 2.24) is 4.90 Å². The molecule has 1 N–H and O–H groups in total. The van der Waals surface area contributed by atoms with E-state index in [1.807, 2.05) is 67.6 Å². The minimum absolute atomic E-state index is 0.179. The molecule has 0 amide bonds. The summed E-state index contributed by atoms with van der Waals surface area (Å²) in [6.07, 6.45) is 1.18. The van der Waals surface area contributed by atoms with Crippen LogP contribution in [0.15, 0.2) is 66.7 Å². The number of para-hydroxylation sites is 1. The van der Waals surface area contributed by atoms with Crippen molar-refractivity contribution >= 4 is 5.97 Å². The number of likely N-dealkylation sites (tertiary alicyclic amines) is 1. The number of carbonyl (C=O) groups is 1. The highest BCUT2D eigenvalue weighted by Crippen LogP contribution is 2.43. The standard InChI is InChI=1S/C30H35NO6/c1-4-36-27-19-23(13-14-25(27)37-20-21-9-6-5-7-10-21)28(31-17-15-22(16-18-31)30(32)33)24-11-8-12-26(34-2)29(24)35-3/h5-14,19,22,28H,4,15-18,20H2,1-3H3,(H,32,33). The Kier molecular flexibility index (Phi) is 8.90. The lowest BCUT2D eigenvalue weighted by molar-refractivity contribution is -0.143. The van der Waals surface area contributed by atoms with Gasteiger partial charge in [-0.1, -0.05) is 48.5 Å². The van der Waals surface area contributed by atoms with Crippen molar-refractivity contribution in [2.24, 2.45) is 5.92 Å². The number of hydrogen-bond donors (Lipinski definition) is 1. The van der Waals surface area contributed by atoms with Crippen LogP contribution in [-0.2, 0) is 11.4 Å². The lowest BCUT2D eigenvalue weighted by atomic mass is 9.90. The fraction of sp³-hybridized carbons (Fsp3) is 0.367. The summed E-state index contributed by atoms with van der Waals surface area (Å²) in [5.41, 5.74) is 3.04. The van der Waals surface area contributed by atoms with Gasteiger partial charge >= 0.3 is 5.97 Å². The summed E-state index contributed by atoms with van der Waals surface area (Å²) in [7, 11) is 3.27. The number of carboxylic acid groups (broad SMARTS) is 1. The molecule has 37 heavy (non-hydrogen) atoms. The molecular formula is C30H35NO6. The van der Waals surface area contributed by atoms with E-state index in [1.54, 1.807) is 14.2 Å². The van der Waals surface area contributed by atoms with Crippen LogP contribution in [0, 0.1) is 5.92 Å². The van der Waals surface area contributed by atoms with Crippen LogP contribution >= 0.6 is 0 Å². The Bertz CT molecular complexity index is 1170. The quantitative estimate of drug-likeness (QED) is 0.365. The zero-order valence-corrected chi connectivity index (χ0v) is 21.7. The van der Waals surface area contributed by atoms with Gasteiger partial charge in [0.2, 0.25) is 0 Å². The van der Waals surface area contributed by atoms with Crippen LogP contribution in [0.2, 0.25) is 0 Å². The molecule has 1 atom stereocenters. The number of aliphatic carboxylic acids is 1. The average Bonchev–Trinajstić information content (AvgIpc) is 2.93. The van der Waals surface area contributed by atoms with Crippen molar-refractivity contribution in [3.8, 4) is 23.0 Å². The largest absolute Gasteiger partial charge is 0.493 e. The van der Waals surface area contributed by atoms with Gasteiger partial charge in [0.15, 0.2) is 23.0 Å².